The van der Waals surface area contributed by atoms with Gasteiger partial charge in [-0.3, -0.25) is 9.78 Å². The van der Waals surface area contributed by atoms with E-state index in [0.29, 0.717) is 6.54 Å². The molecule has 1 unspecified atom stereocenters. The van der Waals surface area contributed by atoms with Crippen LogP contribution in [0.4, 0.5) is 4.39 Å². The lowest BCUT2D eigenvalue weighted by atomic mass is 9.96. The fourth-order valence-electron chi connectivity index (χ4n) is 2.44. The first-order valence-electron chi connectivity index (χ1n) is 6.03. The number of carbonyl (C=O) groups excluding carboxylic acids is 1. The summed E-state index contributed by atoms with van der Waals surface area (Å²) in [5.41, 5.74) is -0.724. The van der Waals surface area contributed by atoms with Crippen molar-refractivity contribution in [2.45, 2.75) is 38.3 Å². The number of hydrogen-bond donors (Lipinski definition) is 1. The molecule has 1 aliphatic rings. The summed E-state index contributed by atoms with van der Waals surface area (Å²) in [7, 11) is 0. The molecular formula is C13H17FN2O2. The summed E-state index contributed by atoms with van der Waals surface area (Å²) >= 11 is 0. The molecule has 2 heterocycles. The number of nitrogens with zero attached hydrogens (tertiary/aromatic N) is 2. The fourth-order valence-corrected chi connectivity index (χ4v) is 2.44. The van der Waals surface area contributed by atoms with Crippen LogP contribution in [0.15, 0.2) is 18.5 Å². The van der Waals surface area contributed by atoms with Crippen molar-refractivity contribution in [3.63, 3.8) is 0 Å². The number of rotatable bonds is 2. The summed E-state index contributed by atoms with van der Waals surface area (Å²) in [6.07, 6.45) is 4.03. The van der Waals surface area contributed by atoms with Crippen molar-refractivity contribution in [3.8, 4) is 0 Å². The first-order chi connectivity index (χ1) is 8.39. The van der Waals surface area contributed by atoms with Gasteiger partial charge in [-0.1, -0.05) is 0 Å². The summed E-state index contributed by atoms with van der Waals surface area (Å²) in [6.45, 7) is 3.96. The van der Waals surface area contributed by atoms with Gasteiger partial charge in [-0.25, -0.2) is 4.39 Å². The highest BCUT2D eigenvalue weighted by atomic mass is 19.1. The number of likely N-dealkylation sites (tertiary alicyclic amines) is 1. The SMILES string of the molecule is CC(C)(O)C1CCCN1C(=O)c1cncc(F)c1. The van der Waals surface area contributed by atoms with Crippen molar-refractivity contribution in [1.82, 2.24) is 9.88 Å². The van der Waals surface area contributed by atoms with Crippen LogP contribution >= 0.6 is 0 Å². The van der Waals surface area contributed by atoms with Crippen LogP contribution in [0.5, 0.6) is 0 Å². The number of halogens is 1. The number of carbonyl (C=O) groups is 1. The van der Waals surface area contributed by atoms with Crippen LogP contribution in [0, 0.1) is 5.82 Å². The maximum absolute atomic E-state index is 13.1. The second-order valence-electron chi connectivity index (χ2n) is 5.20. The zero-order valence-electron chi connectivity index (χ0n) is 10.6. The number of pyridine rings is 1. The van der Waals surface area contributed by atoms with E-state index in [4.69, 9.17) is 0 Å². The van der Waals surface area contributed by atoms with Crippen LogP contribution in [0.3, 0.4) is 0 Å². The Hall–Kier alpha value is -1.49. The van der Waals surface area contributed by atoms with Crippen molar-refractivity contribution >= 4 is 5.91 Å². The Bertz CT molecular complexity index is 457. The molecule has 0 radical (unpaired) electrons. The molecule has 0 aromatic carbocycles. The van der Waals surface area contributed by atoms with Crippen molar-refractivity contribution in [1.29, 1.82) is 0 Å². The lowest BCUT2D eigenvalue weighted by molar-refractivity contribution is 0.000306. The van der Waals surface area contributed by atoms with Crippen molar-refractivity contribution in [2.24, 2.45) is 0 Å². The van der Waals surface area contributed by atoms with Gasteiger partial charge >= 0.3 is 0 Å². The van der Waals surface area contributed by atoms with Crippen molar-refractivity contribution < 1.29 is 14.3 Å². The fraction of sp³-hybridized carbons (Fsp3) is 0.538. The van der Waals surface area contributed by atoms with E-state index in [1.807, 2.05) is 0 Å². The molecule has 0 spiro atoms. The minimum Gasteiger partial charge on any atom is -0.388 e. The van der Waals surface area contributed by atoms with Crippen LogP contribution in [-0.4, -0.2) is 39.1 Å². The van der Waals surface area contributed by atoms with E-state index >= 15 is 0 Å². The second kappa shape index (κ2) is 4.65. The molecular weight excluding hydrogens is 235 g/mol. The molecule has 0 saturated carbocycles. The number of aromatic nitrogens is 1. The molecule has 1 aromatic heterocycles. The third-order valence-corrected chi connectivity index (χ3v) is 3.28. The van der Waals surface area contributed by atoms with Gasteiger partial charge < -0.3 is 10.0 Å². The monoisotopic (exact) mass is 252 g/mol. The molecule has 1 aliphatic heterocycles. The second-order valence-corrected chi connectivity index (χ2v) is 5.20. The third-order valence-electron chi connectivity index (χ3n) is 3.28. The minimum atomic E-state index is -0.951. The van der Waals surface area contributed by atoms with E-state index in [-0.39, 0.29) is 17.5 Å². The highest BCUT2D eigenvalue weighted by Gasteiger charge is 2.38. The predicted octanol–water partition coefficient (Wildman–Crippen LogP) is 1.60. The number of amides is 1. The van der Waals surface area contributed by atoms with E-state index in [0.717, 1.165) is 19.0 Å². The summed E-state index contributed by atoms with van der Waals surface area (Å²) in [5, 5.41) is 10.1. The van der Waals surface area contributed by atoms with Gasteiger partial charge in [0.2, 0.25) is 0 Å². The Balaban J connectivity index is 2.23. The van der Waals surface area contributed by atoms with Gasteiger partial charge in [0.25, 0.3) is 5.91 Å². The quantitative estimate of drug-likeness (QED) is 0.869. The molecule has 1 fully saturated rings. The first-order valence-corrected chi connectivity index (χ1v) is 6.03. The standard InChI is InChI=1S/C13H17FN2O2/c1-13(2,18)11-4-3-5-16(11)12(17)9-6-10(14)8-15-7-9/h6-8,11,18H,3-5H2,1-2H3. The summed E-state index contributed by atoms with van der Waals surface area (Å²) in [5.74, 6) is -0.800. The molecule has 0 bridgehead atoms. The Morgan fingerprint density at radius 3 is 2.89 bits per heavy atom. The Morgan fingerprint density at radius 1 is 1.56 bits per heavy atom. The van der Waals surface area contributed by atoms with Crippen LogP contribution in [0.25, 0.3) is 0 Å². The maximum Gasteiger partial charge on any atom is 0.255 e. The molecule has 1 amide bonds. The van der Waals surface area contributed by atoms with E-state index in [1.54, 1.807) is 18.7 Å². The summed E-state index contributed by atoms with van der Waals surface area (Å²) in [4.78, 5) is 17.6. The van der Waals surface area contributed by atoms with Crippen LogP contribution in [-0.2, 0) is 0 Å². The van der Waals surface area contributed by atoms with Crippen LogP contribution in [0.1, 0.15) is 37.0 Å². The minimum absolute atomic E-state index is 0.228. The molecule has 2 rings (SSSR count). The normalized spacial score (nSPS) is 20.2. The molecule has 18 heavy (non-hydrogen) atoms. The van der Waals surface area contributed by atoms with Gasteiger partial charge in [-0.2, -0.15) is 0 Å². The van der Waals surface area contributed by atoms with E-state index in [2.05, 4.69) is 4.98 Å². The topological polar surface area (TPSA) is 53.4 Å². The molecule has 1 atom stereocenters. The average Bonchev–Trinajstić information content (AvgIpc) is 2.76. The Morgan fingerprint density at radius 2 is 2.28 bits per heavy atom. The van der Waals surface area contributed by atoms with Gasteiger partial charge in [-0.05, 0) is 32.8 Å². The molecule has 1 saturated heterocycles. The zero-order valence-corrected chi connectivity index (χ0v) is 10.6. The highest BCUT2D eigenvalue weighted by molar-refractivity contribution is 5.94. The molecule has 5 heteroatoms. The van der Waals surface area contributed by atoms with Gasteiger partial charge in [0, 0.05) is 12.7 Å². The van der Waals surface area contributed by atoms with Gasteiger partial charge in [0.15, 0.2) is 0 Å². The first kappa shape index (κ1) is 13.0. The van der Waals surface area contributed by atoms with Crippen LogP contribution < -0.4 is 0 Å². The Kier molecular flexibility index (Phi) is 3.34. The van der Waals surface area contributed by atoms with Gasteiger partial charge in [0.1, 0.15) is 5.82 Å². The smallest absolute Gasteiger partial charge is 0.255 e. The summed E-state index contributed by atoms with van der Waals surface area (Å²) < 4.78 is 13.1. The van der Waals surface area contributed by atoms with E-state index in [9.17, 15) is 14.3 Å². The lowest BCUT2D eigenvalue weighted by Crippen LogP contribution is -2.48. The lowest BCUT2D eigenvalue weighted by Gasteiger charge is -2.33. The highest BCUT2D eigenvalue weighted by Crippen LogP contribution is 2.28. The number of aliphatic hydroxyl groups is 1. The third kappa shape index (κ3) is 2.51. The van der Waals surface area contributed by atoms with Crippen molar-refractivity contribution in [2.75, 3.05) is 6.54 Å². The largest absolute Gasteiger partial charge is 0.388 e. The average molecular weight is 252 g/mol. The maximum atomic E-state index is 13.1. The van der Waals surface area contributed by atoms with E-state index in [1.165, 1.54) is 12.3 Å². The molecule has 98 valence electrons. The van der Waals surface area contributed by atoms with E-state index < -0.39 is 11.4 Å². The predicted molar refractivity (Wildman–Crippen MR) is 64.6 cm³/mol. The van der Waals surface area contributed by atoms with Crippen LogP contribution in [0.2, 0.25) is 0 Å². The number of hydrogen-bond acceptors (Lipinski definition) is 3. The van der Waals surface area contributed by atoms with Crippen molar-refractivity contribution in [3.05, 3.63) is 29.8 Å². The molecule has 0 aliphatic carbocycles. The molecule has 1 N–H and O–H groups in total. The molecule has 1 aromatic rings. The summed E-state index contributed by atoms with van der Waals surface area (Å²) in [6, 6.07) is 0.947. The zero-order chi connectivity index (χ0) is 13.3. The molecule has 4 nitrogen and oxygen atoms in total. The van der Waals surface area contributed by atoms with Gasteiger partial charge in [0.05, 0.1) is 23.4 Å². The Labute approximate surface area is 105 Å². The van der Waals surface area contributed by atoms with Gasteiger partial charge in [-0.15, -0.1) is 0 Å².